The van der Waals surface area contributed by atoms with E-state index >= 15 is 0 Å². The van der Waals surface area contributed by atoms with Gasteiger partial charge >= 0.3 is 0 Å². The molecule has 39 heavy (non-hydrogen) atoms. The van der Waals surface area contributed by atoms with Gasteiger partial charge in [0.15, 0.2) is 5.82 Å². The quantitative estimate of drug-likeness (QED) is 0.317. The minimum Gasteiger partial charge on any atom is -0.345 e. The summed E-state index contributed by atoms with van der Waals surface area (Å²) in [4.78, 5) is 33.5. The highest BCUT2D eigenvalue weighted by molar-refractivity contribution is 6.06. The Morgan fingerprint density at radius 3 is 2.41 bits per heavy atom. The van der Waals surface area contributed by atoms with Crippen LogP contribution in [0.15, 0.2) is 79.0 Å². The van der Waals surface area contributed by atoms with Crippen molar-refractivity contribution in [2.75, 3.05) is 24.3 Å². The van der Waals surface area contributed by atoms with E-state index in [1.807, 2.05) is 72.8 Å². The highest BCUT2D eigenvalue weighted by Crippen LogP contribution is 2.35. The molecule has 1 aliphatic carbocycles. The van der Waals surface area contributed by atoms with Crippen LogP contribution in [-0.4, -0.2) is 58.2 Å². The van der Waals surface area contributed by atoms with Crippen LogP contribution in [0.1, 0.15) is 35.2 Å². The van der Waals surface area contributed by atoms with Gasteiger partial charge in [0.1, 0.15) is 11.4 Å². The van der Waals surface area contributed by atoms with E-state index in [9.17, 15) is 9.59 Å². The molecule has 0 bridgehead atoms. The van der Waals surface area contributed by atoms with E-state index in [4.69, 9.17) is 10.8 Å². The Morgan fingerprint density at radius 1 is 1.05 bits per heavy atom. The first-order valence-corrected chi connectivity index (χ1v) is 13.1. The van der Waals surface area contributed by atoms with Crippen LogP contribution in [0.2, 0.25) is 0 Å². The van der Waals surface area contributed by atoms with Gasteiger partial charge in [0.25, 0.3) is 5.91 Å². The normalized spacial score (nSPS) is 16.6. The number of aromatic nitrogens is 3. The van der Waals surface area contributed by atoms with Gasteiger partial charge in [-0.3, -0.25) is 19.5 Å². The molecule has 0 spiro atoms. The summed E-state index contributed by atoms with van der Waals surface area (Å²) in [6.45, 7) is 0.384. The Hall–Kier alpha value is -4.50. The molecule has 3 N–H and O–H groups in total. The lowest BCUT2D eigenvalue weighted by Gasteiger charge is -2.27. The first kappa shape index (κ1) is 26.1. The highest BCUT2D eigenvalue weighted by atomic mass is 16.2. The minimum atomic E-state index is -0.251. The van der Waals surface area contributed by atoms with E-state index in [1.165, 1.54) is 4.90 Å². The number of rotatable bonds is 9. The van der Waals surface area contributed by atoms with Crippen molar-refractivity contribution in [3.8, 4) is 11.3 Å². The maximum atomic E-state index is 13.6. The molecular formula is C30H33N7O2. The highest BCUT2D eigenvalue weighted by Gasteiger charge is 2.36. The van der Waals surface area contributed by atoms with Crippen LogP contribution in [0.5, 0.6) is 0 Å². The molecule has 1 saturated carbocycles. The predicted octanol–water partition coefficient (Wildman–Crippen LogP) is 4.28. The Balaban J connectivity index is 1.59. The second-order valence-corrected chi connectivity index (χ2v) is 9.98. The van der Waals surface area contributed by atoms with Crippen LogP contribution in [-0.2, 0) is 11.3 Å². The van der Waals surface area contributed by atoms with Crippen LogP contribution >= 0.6 is 0 Å². The molecule has 2 atom stereocenters. The standard InChI is InChI=1S/C30H33N7O2/c1-35(2)30(39)27-28(33-23-9-4-3-5-10-23)37(34-29(27)36(20-38)26-13-8-11-24(26)31)19-21-14-16-22(17-15-21)25-12-6-7-18-32-25/h3-7,9-10,12,14-18,20,24,26,33H,8,11,13,19,31H2,1-2H3. The van der Waals surface area contributed by atoms with Crippen molar-refractivity contribution in [1.29, 1.82) is 0 Å². The lowest BCUT2D eigenvalue weighted by atomic mass is 10.1. The van der Waals surface area contributed by atoms with Crippen molar-refractivity contribution in [2.24, 2.45) is 5.73 Å². The second-order valence-electron chi connectivity index (χ2n) is 9.98. The first-order valence-electron chi connectivity index (χ1n) is 13.1. The Morgan fingerprint density at radius 2 is 1.79 bits per heavy atom. The molecule has 9 nitrogen and oxygen atoms in total. The molecule has 1 aliphatic rings. The van der Waals surface area contributed by atoms with Crippen molar-refractivity contribution in [2.45, 2.75) is 37.9 Å². The van der Waals surface area contributed by atoms with Crippen LogP contribution in [0, 0.1) is 0 Å². The third-order valence-electron chi connectivity index (χ3n) is 7.08. The SMILES string of the molecule is CN(C)C(=O)c1c(N(C=O)C2CCCC2N)nn(Cc2ccc(-c3ccccn3)cc2)c1Nc1ccccc1. The maximum Gasteiger partial charge on any atom is 0.260 e. The number of amides is 2. The fraction of sp³-hybridized carbons (Fsp3) is 0.267. The zero-order valence-electron chi connectivity index (χ0n) is 22.2. The largest absolute Gasteiger partial charge is 0.345 e. The number of hydrogen-bond acceptors (Lipinski definition) is 6. The summed E-state index contributed by atoms with van der Waals surface area (Å²) in [7, 11) is 3.39. The van der Waals surface area contributed by atoms with E-state index in [-0.39, 0.29) is 18.0 Å². The van der Waals surface area contributed by atoms with E-state index in [0.29, 0.717) is 23.7 Å². The van der Waals surface area contributed by atoms with E-state index in [1.54, 1.807) is 29.9 Å². The molecule has 2 aromatic heterocycles. The topological polar surface area (TPSA) is 109 Å². The van der Waals surface area contributed by atoms with Gasteiger partial charge in [0.05, 0.1) is 18.3 Å². The molecule has 1 fully saturated rings. The molecule has 2 amide bonds. The number of nitrogens with zero attached hydrogens (tertiary/aromatic N) is 5. The Labute approximate surface area is 228 Å². The number of nitrogens with one attached hydrogen (secondary N) is 1. The van der Waals surface area contributed by atoms with Crippen molar-refractivity contribution < 1.29 is 9.59 Å². The van der Waals surface area contributed by atoms with Gasteiger partial charge in [-0.2, -0.15) is 5.10 Å². The number of carbonyl (C=O) groups excluding carboxylic acids is 2. The predicted molar refractivity (Wildman–Crippen MR) is 153 cm³/mol. The number of carbonyl (C=O) groups is 2. The molecule has 0 aliphatic heterocycles. The van der Waals surface area contributed by atoms with Gasteiger partial charge in [-0.25, -0.2) is 4.68 Å². The number of benzene rings is 2. The Kier molecular flexibility index (Phi) is 7.69. The molecule has 0 radical (unpaired) electrons. The van der Waals surface area contributed by atoms with Crippen LogP contribution < -0.4 is 16.0 Å². The van der Waals surface area contributed by atoms with E-state index in [2.05, 4.69) is 10.3 Å². The molecule has 4 aromatic rings. The number of anilines is 3. The van der Waals surface area contributed by atoms with Crippen LogP contribution in [0.3, 0.4) is 0 Å². The summed E-state index contributed by atoms with van der Waals surface area (Å²) in [5.74, 6) is 0.579. The van der Waals surface area contributed by atoms with Gasteiger partial charge in [-0.1, -0.05) is 48.5 Å². The molecule has 2 unspecified atom stereocenters. The van der Waals surface area contributed by atoms with Gasteiger partial charge in [0.2, 0.25) is 6.41 Å². The smallest absolute Gasteiger partial charge is 0.260 e. The molecular weight excluding hydrogens is 490 g/mol. The fourth-order valence-corrected chi connectivity index (χ4v) is 5.04. The van der Waals surface area contributed by atoms with Gasteiger partial charge < -0.3 is 16.0 Å². The van der Waals surface area contributed by atoms with Crippen LogP contribution in [0.25, 0.3) is 11.3 Å². The monoisotopic (exact) mass is 523 g/mol. The number of hydrogen-bond donors (Lipinski definition) is 2. The maximum absolute atomic E-state index is 13.6. The number of nitrogens with two attached hydrogens (primary N) is 1. The van der Waals surface area contributed by atoms with Crippen molar-refractivity contribution in [3.05, 3.63) is 90.1 Å². The zero-order chi connectivity index (χ0) is 27.4. The average Bonchev–Trinajstić information content (AvgIpc) is 3.53. The summed E-state index contributed by atoms with van der Waals surface area (Å²) in [5.41, 5.74) is 10.4. The van der Waals surface area contributed by atoms with Gasteiger partial charge in [-0.05, 0) is 49.1 Å². The molecule has 0 saturated heterocycles. The third-order valence-corrected chi connectivity index (χ3v) is 7.08. The lowest BCUT2D eigenvalue weighted by molar-refractivity contribution is -0.108. The zero-order valence-corrected chi connectivity index (χ0v) is 22.2. The third kappa shape index (κ3) is 5.53. The van der Waals surface area contributed by atoms with E-state index in [0.717, 1.165) is 48.2 Å². The molecule has 2 aromatic carbocycles. The summed E-state index contributed by atoms with van der Waals surface area (Å²) in [5, 5.41) is 8.27. The van der Waals surface area contributed by atoms with Gasteiger partial charge in [0, 0.05) is 37.6 Å². The van der Waals surface area contributed by atoms with E-state index < -0.39 is 0 Å². The van der Waals surface area contributed by atoms with Crippen molar-refractivity contribution >= 4 is 29.6 Å². The Bertz CT molecular complexity index is 1420. The van der Waals surface area contributed by atoms with Crippen molar-refractivity contribution in [3.63, 3.8) is 0 Å². The summed E-state index contributed by atoms with van der Waals surface area (Å²) < 4.78 is 1.76. The van der Waals surface area contributed by atoms with Crippen LogP contribution in [0.4, 0.5) is 17.3 Å². The minimum absolute atomic E-state index is 0.174. The number of pyridine rings is 1. The molecule has 9 heteroatoms. The molecule has 2 heterocycles. The van der Waals surface area contributed by atoms with Gasteiger partial charge in [-0.15, -0.1) is 0 Å². The summed E-state index contributed by atoms with van der Waals surface area (Å²) in [6.07, 6.45) is 5.03. The summed E-state index contributed by atoms with van der Waals surface area (Å²) >= 11 is 0. The molecule has 5 rings (SSSR count). The van der Waals surface area contributed by atoms with Crippen molar-refractivity contribution in [1.82, 2.24) is 19.7 Å². The summed E-state index contributed by atoms with van der Waals surface area (Å²) in [6, 6.07) is 23.1. The second kappa shape index (κ2) is 11.5. The average molecular weight is 524 g/mol. The molecule has 200 valence electrons. The lowest BCUT2D eigenvalue weighted by Crippen LogP contribution is -2.45. The number of para-hydroxylation sites is 1. The first-order chi connectivity index (χ1) is 19.0. The fourth-order valence-electron chi connectivity index (χ4n) is 5.04.